The molecule has 124 valence electrons. The van der Waals surface area contributed by atoms with Gasteiger partial charge in [0.05, 0.1) is 12.6 Å². The van der Waals surface area contributed by atoms with Crippen LogP contribution in [0.15, 0.2) is 30.3 Å². The summed E-state index contributed by atoms with van der Waals surface area (Å²) in [6.45, 7) is 7.99. The number of carbonyl (C=O) groups is 2. The van der Waals surface area contributed by atoms with E-state index in [0.29, 0.717) is 5.92 Å². The average Bonchev–Trinajstić information content (AvgIpc) is 2.45. The van der Waals surface area contributed by atoms with Gasteiger partial charge in [-0.15, -0.1) is 0 Å². The number of amides is 1. The first kappa shape index (κ1) is 20.3. The molecule has 0 heterocycles. The van der Waals surface area contributed by atoms with Crippen LogP contribution in [0.5, 0.6) is 0 Å². The molecule has 22 heavy (non-hydrogen) atoms. The maximum absolute atomic E-state index is 11.6. The van der Waals surface area contributed by atoms with E-state index in [0.717, 1.165) is 6.42 Å². The highest BCUT2D eigenvalue weighted by Crippen LogP contribution is 2.11. The third-order valence-electron chi connectivity index (χ3n) is 3.29. The van der Waals surface area contributed by atoms with Crippen LogP contribution in [-0.4, -0.2) is 43.3 Å². The lowest BCUT2D eigenvalue weighted by atomic mass is 10.00. The molecule has 1 aromatic rings. The molecule has 4 heteroatoms. The van der Waals surface area contributed by atoms with Crippen LogP contribution in [0.25, 0.3) is 0 Å². The molecule has 4 nitrogen and oxygen atoms in total. The van der Waals surface area contributed by atoms with Gasteiger partial charge in [-0.3, -0.25) is 9.59 Å². The van der Waals surface area contributed by atoms with Crippen molar-refractivity contribution in [2.75, 3.05) is 20.6 Å². The zero-order valence-corrected chi connectivity index (χ0v) is 14.7. The fourth-order valence-electron chi connectivity index (χ4n) is 2.03. The van der Waals surface area contributed by atoms with E-state index in [-0.39, 0.29) is 24.3 Å². The molecule has 1 rings (SSSR count). The second kappa shape index (κ2) is 11.0. The first-order chi connectivity index (χ1) is 10.3. The van der Waals surface area contributed by atoms with E-state index in [1.54, 1.807) is 19.0 Å². The number of Topliss-reactive ketones (excluding diaryl/α,β-unsaturated/α-hetero) is 1. The number of nitrogens with one attached hydrogen (secondary N) is 1. The summed E-state index contributed by atoms with van der Waals surface area (Å²) < 4.78 is 0. The van der Waals surface area contributed by atoms with E-state index in [9.17, 15) is 9.59 Å². The summed E-state index contributed by atoms with van der Waals surface area (Å²) in [7, 11) is 3.41. The summed E-state index contributed by atoms with van der Waals surface area (Å²) in [4.78, 5) is 24.5. The molecule has 0 radical (unpaired) electrons. The van der Waals surface area contributed by atoms with Crippen LogP contribution in [0.3, 0.4) is 0 Å². The Morgan fingerprint density at radius 1 is 1.18 bits per heavy atom. The van der Waals surface area contributed by atoms with E-state index in [2.05, 4.69) is 24.4 Å². The molecular weight excluding hydrogens is 276 g/mol. The summed E-state index contributed by atoms with van der Waals surface area (Å²) in [6, 6.07) is 9.98. The van der Waals surface area contributed by atoms with Crippen LogP contribution in [0.2, 0.25) is 0 Å². The zero-order valence-electron chi connectivity index (χ0n) is 14.7. The molecule has 1 amide bonds. The molecule has 1 aromatic carbocycles. The van der Waals surface area contributed by atoms with E-state index in [4.69, 9.17) is 0 Å². The molecular formula is C18H30N2O2. The maximum atomic E-state index is 11.6. The maximum Gasteiger partial charge on any atom is 0.236 e. The standard InChI is InChI=1S/C11H22N2O2.C7H8/c1-8(2)6-10(9(3)14)13(5)11(15)7-12-4;1-7-5-3-2-4-6-7/h8,10,12H,6-7H2,1-5H3;2-6H,1H3/t10-;/m0./s1. The van der Waals surface area contributed by atoms with Gasteiger partial charge in [-0.1, -0.05) is 49.7 Å². The van der Waals surface area contributed by atoms with Gasteiger partial charge in [0.1, 0.15) is 0 Å². The van der Waals surface area contributed by atoms with Crippen molar-refractivity contribution >= 4 is 11.7 Å². The van der Waals surface area contributed by atoms with Gasteiger partial charge in [0.25, 0.3) is 0 Å². The molecule has 0 aromatic heterocycles. The van der Waals surface area contributed by atoms with Gasteiger partial charge in [0, 0.05) is 7.05 Å². The summed E-state index contributed by atoms with van der Waals surface area (Å²) >= 11 is 0. The van der Waals surface area contributed by atoms with Crippen LogP contribution in [0, 0.1) is 12.8 Å². The molecule has 0 saturated heterocycles. The summed E-state index contributed by atoms with van der Waals surface area (Å²) in [5, 5.41) is 2.79. The zero-order chi connectivity index (χ0) is 17.1. The van der Waals surface area contributed by atoms with Crippen LogP contribution < -0.4 is 5.32 Å². The molecule has 1 N–H and O–H groups in total. The Hall–Kier alpha value is -1.68. The fraction of sp³-hybridized carbons (Fsp3) is 0.556. The van der Waals surface area contributed by atoms with Crippen molar-refractivity contribution in [1.29, 1.82) is 0 Å². The number of ketones is 1. The van der Waals surface area contributed by atoms with E-state index in [1.807, 2.05) is 32.0 Å². The SMILES string of the molecule is CNCC(=O)N(C)[C@@H](CC(C)C)C(C)=O.Cc1ccccc1. The monoisotopic (exact) mass is 306 g/mol. The third-order valence-corrected chi connectivity index (χ3v) is 3.29. The van der Waals surface area contributed by atoms with Crippen molar-refractivity contribution in [3.8, 4) is 0 Å². The van der Waals surface area contributed by atoms with Gasteiger partial charge >= 0.3 is 0 Å². The first-order valence-corrected chi connectivity index (χ1v) is 7.71. The lowest BCUT2D eigenvalue weighted by Crippen LogP contribution is -2.45. The largest absolute Gasteiger partial charge is 0.335 e. The van der Waals surface area contributed by atoms with Gasteiger partial charge < -0.3 is 10.2 Å². The quantitative estimate of drug-likeness (QED) is 0.879. The predicted octanol–water partition coefficient (Wildman–Crippen LogP) is 2.66. The smallest absolute Gasteiger partial charge is 0.236 e. The van der Waals surface area contributed by atoms with Crippen molar-refractivity contribution in [1.82, 2.24) is 10.2 Å². The highest BCUT2D eigenvalue weighted by atomic mass is 16.2. The average molecular weight is 306 g/mol. The van der Waals surface area contributed by atoms with Gasteiger partial charge in [0.2, 0.25) is 5.91 Å². The second-order valence-electron chi connectivity index (χ2n) is 5.95. The van der Waals surface area contributed by atoms with Crippen LogP contribution in [0.1, 0.15) is 32.8 Å². The summed E-state index contributed by atoms with van der Waals surface area (Å²) in [5.74, 6) is 0.415. The molecule has 0 aliphatic rings. The third kappa shape index (κ3) is 8.57. The van der Waals surface area contributed by atoms with Crippen LogP contribution in [0.4, 0.5) is 0 Å². The van der Waals surface area contributed by atoms with Crippen molar-refractivity contribution < 1.29 is 9.59 Å². The predicted molar refractivity (Wildman–Crippen MR) is 91.8 cm³/mol. The lowest BCUT2D eigenvalue weighted by Gasteiger charge is -2.27. The number of benzene rings is 1. The Labute approximate surface area is 134 Å². The van der Waals surface area contributed by atoms with E-state index >= 15 is 0 Å². The number of hydrogen-bond acceptors (Lipinski definition) is 3. The Balaban J connectivity index is 0.000000518. The number of aryl methyl sites for hydroxylation is 1. The van der Waals surface area contributed by atoms with Crippen LogP contribution in [-0.2, 0) is 9.59 Å². The molecule has 0 aliphatic heterocycles. The van der Waals surface area contributed by atoms with Gasteiger partial charge in [-0.2, -0.15) is 0 Å². The molecule has 0 unspecified atom stereocenters. The topological polar surface area (TPSA) is 49.4 Å². The van der Waals surface area contributed by atoms with E-state index < -0.39 is 0 Å². The Bertz CT molecular complexity index is 444. The highest BCUT2D eigenvalue weighted by Gasteiger charge is 2.23. The minimum atomic E-state index is -0.286. The van der Waals surface area contributed by atoms with Crippen molar-refractivity contribution in [2.45, 2.75) is 40.2 Å². The number of carbonyl (C=O) groups excluding carboxylic acids is 2. The molecule has 0 fully saturated rings. The van der Waals surface area contributed by atoms with Gasteiger partial charge in [0.15, 0.2) is 5.78 Å². The van der Waals surface area contributed by atoms with Gasteiger partial charge in [-0.25, -0.2) is 0 Å². The Morgan fingerprint density at radius 2 is 1.73 bits per heavy atom. The van der Waals surface area contributed by atoms with Crippen molar-refractivity contribution in [3.63, 3.8) is 0 Å². The van der Waals surface area contributed by atoms with Crippen LogP contribution >= 0.6 is 0 Å². The summed E-state index contributed by atoms with van der Waals surface area (Å²) in [5.41, 5.74) is 1.32. The lowest BCUT2D eigenvalue weighted by molar-refractivity contribution is -0.137. The number of nitrogens with zero attached hydrogens (tertiary/aromatic N) is 1. The summed E-state index contributed by atoms with van der Waals surface area (Å²) in [6.07, 6.45) is 0.723. The highest BCUT2D eigenvalue weighted by molar-refractivity contribution is 5.88. The van der Waals surface area contributed by atoms with Gasteiger partial charge in [-0.05, 0) is 33.2 Å². The number of hydrogen-bond donors (Lipinski definition) is 1. The van der Waals surface area contributed by atoms with Crippen molar-refractivity contribution in [3.05, 3.63) is 35.9 Å². The fourth-order valence-corrected chi connectivity index (χ4v) is 2.03. The Morgan fingerprint density at radius 3 is 2.05 bits per heavy atom. The van der Waals surface area contributed by atoms with Crippen molar-refractivity contribution in [2.24, 2.45) is 5.92 Å². The molecule has 1 atom stereocenters. The number of likely N-dealkylation sites (N-methyl/N-ethyl adjacent to an activating group) is 2. The first-order valence-electron chi connectivity index (χ1n) is 7.71. The number of rotatable bonds is 6. The minimum absolute atomic E-state index is 0.0432. The Kier molecular flexibility index (Phi) is 10.1. The molecule has 0 bridgehead atoms. The van der Waals surface area contributed by atoms with E-state index in [1.165, 1.54) is 12.5 Å². The molecule has 0 saturated carbocycles. The normalized spacial score (nSPS) is 11.4. The second-order valence-corrected chi connectivity index (χ2v) is 5.95. The minimum Gasteiger partial charge on any atom is -0.335 e. The molecule has 0 spiro atoms. The molecule has 0 aliphatic carbocycles.